The predicted molar refractivity (Wildman–Crippen MR) is 95.7 cm³/mol. The number of H-pyrrole nitrogens is 1. The largest absolute Gasteiger partial charge is 0.573 e. The van der Waals surface area contributed by atoms with Crippen LogP contribution < -0.4 is 10.3 Å². The fourth-order valence-corrected chi connectivity index (χ4v) is 2.87. The molecular formula is C18H15ClF3N3O2. The van der Waals surface area contributed by atoms with Crippen LogP contribution in [0.15, 0.2) is 47.3 Å². The van der Waals surface area contributed by atoms with Gasteiger partial charge < -0.3 is 9.72 Å². The quantitative estimate of drug-likeness (QED) is 0.704. The van der Waals surface area contributed by atoms with Gasteiger partial charge >= 0.3 is 6.36 Å². The summed E-state index contributed by atoms with van der Waals surface area (Å²) in [4.78, 5) is 20.9. The molecule has 0 spiro atoms. The zero-order valence-electron chi connectivity index (χ0n) is 14.2. The summed E-state index contributed by atoms with van der Waals surface area (Å²) in [7, 11) is 1.70. The van der Waals surface area contributed by atoms with Crippen LogP contribution in [-0.2, 0) is 13.1 Å². The first-order valence-corrected chi connectivity index (χ1v) is 8.30. The average Bonchev–Trinajstić information content (AvgIpc) is 2.56. The zero-order valence-corrected chi connectivity index (χ0v) is 14.9. The molecular weight excluding hydrogens is 383 g/mol. The molecule has 0 saturated carbocycles. The summed E-state index contributed by atoms with van der Waals surface area (Å²) in [6.07, 6.45) is -4.76. The Bertz CT molecular complexity index is 1020. The minimum absolute atomic E-state index is 0.175. The normalized spacial score (nSPS) is 11.9. The Labute approximate surface area is 157 Å². The highest BCUT2D eigenvalue weighted by Crippen LogP contribution is 2.27. The van der Waals surface area contributed by atoms with E-state index in [-0.39, 0.29) is 24.4 Å². The molecule has 142 valence electrons. The Morgan fingerprint density at radius 2 is 1.93 bits per heavy atom. The standard InChI is InChI=1S/C18H15ClF3N3O2/c1-25(9-11-4-2-3-5-15(11)27-18(20,21)22)10-16-23-14-7-6-12(19)8-13(14)17(26)24-16/h2-8H,9-10H2,1H3,(H,23,24,26). The number of hydrogen-bond acceptors (Lipinski definition) is 4. The molecule has 0 bridgehead atoms. The fraction of sp³-hybridized carbons (Fsp3) is 0.222. The number of rotatable bonds is 5. The first-order chi connectivity index (χ1) is 12.7. The monoisotopic (exact) mass is 397 g/mol. The SMILES string of the molecule is CN(Cc1nc2ccc(Cl)cc2c(=O)[nH]1)Cc1ccccc1OC(F)(F)F. The summed E-state index contributed by atoms with van der Waals surface area (Å²) >= 11 is 5.88. The van der Waals surface area contributed by atoms with Gasteiger partial charge in [-0.1, -0.05) is 29.8 Å². The smallest absolute Gasteiger partial charge is 0.405 e. The molecule has 3 rings (SSSR count). The van der Waals surface area contributed by atoms with E-state index in [2.05, 4.69) is 14.7 Å². The maximum Gasteiger partial charge on any atom is 0.573 e. The van der Waals surface area contributed by atoms with Crippen molar-refractivity contribution in [3.05, 3.63) is 69.2 Å². The van der Waals surface area contributed by atoms with Crippen molar-refractivity contribution in [3.8, 4) is 5.75 Å². The van der Waals surface area contributed by atoms with Crippen molar-refractivity contribution in [2.45, 2.75) is 19.5 Å². The van der Waals surface area contributed by atoms with E-state index in [0.29, 0.717) is 27.3 Å². The highest BCUT2D eigenvalue weighted by Gasteiger charge is 2.32. The van der Waals surface area contributed by atoms with Crippen LogP contribution in [0.3, 0.4) is 0 Å². The zero-order chi connectivity index (χ0) is 19.6. The van der Waals surface area contributed by atoms with E-state index >= 15 is 0 Å². The topological polar surface area (TPSA) is 58.2 Å². The lowest BCUT2D eigenvalue weighted by Gasteiger charge is -2.19. The van der Waals surface area contributed by atoms with Crippen LogP contribution in [0, 0.1) is 0 Å². The Kier molecular flexibility index (Phi) is 5.38. The Balaban J connectivity index is 1.79. The maximum absolute atomic E-state index is 12.5. The minimum atomic E-state index is -4.76. The summed E-state index contributed by atoms with van der Waals surface area (Å²) < 4.78 is 41.7. The van der Waals surface area contributed by atoms with Crippen molar-refractivity contribution in [1.29, 1.82) is 0 Å². The number of para-hydroxylation sites is 1. The number of aromatic amines is 1. The number of benzene rings is 2. The Hall–Kier alpha value is -2.58. The van der Waals surface area contributed by atoms with Crippen LogP contribution in [-0.4, -0.2) is 28.3 Å². The third-order valence-electron chi connectivity index (χ3n) is 3.77. The van der Waals surface area contributed by atoms with E-state index in [4.69, 9.17) is 11.6 Å². The number of aromatic nitrogens is 2. The molecule has 0 fully saturated rings. The summed E-state index contributed by atoms with van der Waals surface area (Å²) in [6.45, 7) is 0.406. The minimum Gasteiger partial charge on any atom is -0.405 e. The van der Waals surface area contributed by atoms with E-state index in [0.717, 1.165) is 0 Å². The summed E-state index contributed by atoms with van der Waals surface area (Å²) in [5.74, 6) is 0.137. The molecule has 0 atom stereocenters. The van der Waals surface area contributed by atoms with Gasteiger partial charge in [0.25, 0.3) is 5.56 Å². The molecule has 1 heterocycles. The van der Waals surface area contributed by atoms with Crippen molar-refractivity contribution in [1.82, 2.24) is 14.9 Å². The van der Waals surface area contributed by atoms with Crippen LogP contribution in [0.2, 0.25) is 5.02 Å². The number of alkyl halides is 3. The van der Waals surface area contributed by atoms with E-state index in [1.807, 2.05) is 0 Å². The molecule has 2 aromatic carbocycles. The predicted octanol–water partition coefficient (Wildman–Crippen LogP) is 4.11. The lowest BCUT2D eigenvalue weighted by atomic mass is 10.2. The van der Waals surface area contributed by atoms with Gasteiger partial charge in [0.15, 0.2) is 0 Å². The summed E-state index contributed by atoms with van der Waals surface area (Å²) in [6, 6.07) is 10.7. The highest BCUT2D eigenvalue weighted by atomic mass is 35.5. The lowest BCUT2D eigenvalue weighted by molar-refractivity contribution is -0.275. The second kappa shape index (κ2) is 7.58. The summed E-state index contributed by atoms with van der Waals surface area (Å²) in [5.41, 5.74) is 0.534. The molecule has 0 aliphatic heterocycles. The average molecular weight is 398 g/mol. The van der Waals surface area contributed by atoms with Crippen molar-refractivity contribution >= 4 is 22.5 Å². The van der Waals surface area contributed by atoms with Crippen molar-refractivity contribution in [3.63, 3.8) is 0 Å². The van der Waals surface area contributed by atoms with E-state index < -0.39 is 6.36 Å². The molecule has 3 aromatic rings. The van der Waals surface area contributed by atoms with Crippen LogP contribution in [0.25, 0.3) is 10.9 Å². The molecule has 0 radical (unpaired) electrons. The number of halogens is 4. The molecule has 1 aromatic heterocycles. The Morgan fingerprint density at radius 1 is 1.19 bits per heavy atom. The first kappa shape index (κ1) is 19.2. The fourth-order valence-electron chi connectivity index (χ4n) is 2.70. The second-order valence-electron chi connectivity index (χ2n) is 6.00. The first-order valence-electron chi connectivity index (χ1n) is 7.92. The van der Waals surface area contributed by atoms with Gasteiger partial charge in [-0.05, 0) is 31.3 Å². The molecule has 0 unspecified atom stereocenters. The van der Waals surface area contributed by atoms with E-state index in [1.54, 1.807) is 36.2 Å². The third-order valence-corrected chi connectivity index (χ3v) is 4.01. The lowest BCUT2D eigenvalue weighted by Crippen LogP contribution is -2.23. The molecule has 0 aliphatic rings. The highest BCUT2D eigenvalue weighted by molar-refractivity contribution is 6.31. The molecule has 27 heavy (non-hydrogen) atoms. The molecule has 9 heteroatoms. The number of nitrogens with zero attached hydrogens (tertiary/aromatic N) is 2. The van der Waals surface area contributed by atoms with E-state index in [1.165, 1.54) is 18.2 Å². The van der Waals surface area contributed by atoms with Gasteiger partial charge in [0.1, 0.15) is 11.6 Å². The van der Waals surface area contributed by atoms with Gasteiger partial charge in [-0.2, -0.15) is 0 Å². The van der Waals surface area contributed by atoms with Crippen molar-refractivity contribution in [2.75, 3.05) is 7.05 Å². The van der Waals surface area contributed by atoms with E-state index in [9.17, 15) is 18.0 Å². The van der Waals surface area contributed by atoms with Crippen LogP contribution in [0.1, 0.15) is 11.4 Å². The number of ether oxygens (including phenoxy) is 1. The number of hydrogen-bond donors (Lipinski definition) is 1. The van der Waals surface area contributed by atoms with Crippen molar-refractivity contribution < 1.29 is 17.9 Å². The van der Waals surface area contributed by atoms with Gasteiger partial charge in [0.05, 0.1) is 17.4 Å². The second-order valence-corrected chi connectivity index (χ2v) is 6.44. The third kappa shape index (κ3) is 4.99. The number of nitrogens with one attached hydrogen (secondary N) is 1. The van der Waals surface area contributed by atoms with Gasteiger partial charge in [-0.3, -0.25) is 9.69 Å². The van der Waals surface area contributed by atoms with Crippen molar-refractivity contribution in [2.24, 2.45) is 0 Å². The van der Waals surface area contributed by atoms with Crippen LogP contribution in [0.4, 0.5) is 13.2 Å². The van der Waals surface area contributed by atoms with Crippen LogP contribution >= 0.6 is 11.6 Å². The Morgan fingerprint density at radius 3 is 2.67 bits per heavy atom. The molecule has 0 aliphatic carbocycles. The van der Waals surface area contributed by atoms with Gasteiger partial charge in [0.2, 0.25) is 0 Å². The van der Waals surface area contributed by atoms with Gasteiger partial charge in [-0.15, -0.1) is 13.2 Å². The maximum atomic E-state index is 12.5. The van der Waals surface area contributed by atoms with Crippen LogP contribution in [0.5, 0.6) is 5.75 Å². The van der Waals surface area contributed by atoms with Gasteiger partial charge in [-0.25, -0.2) is 4.98 Å². The van der Waals surface area contributed by atoms with Gasteiger partial charge in [0, 0.05) is 17.1 Å². The molecule has 0 saturated heterocycles. The molecule has 0 amide bonds. The summed E-state index contributed by atoms with van der Waals surface area (Å²) in [5, 5.41) is 0.804. The number of fused-ring (bicyclic) bond motifs is 1. The molecule has 5 nitrogen and oxygen atoms in total. The molecule has 1 N–H and O–H groups in total.